The number of hydrogen-bond donors (Lipinski definition) is 0. The predicted molar refractivity (Wildman–Crippen MR) is 90.6 cm³/mol. The molecule has 1 atom stereocenters. The van der Waals surface area contributed by atoms with E-state index in [1.807, 2.05) is 18.2 Å². The zero-order chi connectivity index (χ0) is 16.2. The summed E-state index contributed by atoms with van der Waals surface area (Å²) < 4.78 is 0. The van der Waals surface area contributed by atoms with Crippen molar-refractivity contribution in [1.82, 2.24) is 25.1 Å². The Balaban J connectivity index is 1.70. The molecule has 3 aromatic rings. The SMILES string of the molecule is Cc1ccc(-c2nnn(CN(C)C(C)c3ccccc3)n2)cc1. The summed E-state index contributed by atoms with van der Waals surface area (Å²) in [6.07, 6.45) is 0. The highest BCUT2D eigenvalue weighted by Gasteiger charge is 2.13. The molecule has 1 unspecified atom stereocenters. The van der Waals surface area contributed by atoms with Crippen molar-refractivity contribution >= 4 is 0 Å². The number of aryl methyl sites for hydroxylation is 1. The van der Waals surface area contributed by atoms with Crippen LogP contribution < -0.4 is 0 Å². The van der Waals surface area contributed by atoms with E-state index in [2.05, 4.69) is 77.6 Å². The summed E-state index contributed by atoms with van der Waals surface area (Å²) >= 11 is 0. The number of rotatable bonds is 5. The van der Waals surface area contributed by atoms with Gasteiger partial charge in [-0.15, -0.1) is 15.0 Å². The van der Waals surface area contributed by atoms with Crippen molar-refractivity contribution in [2.24, 2.45) is 0 Å². The molecule has 0 radical (unpaired) electrons. The molecule has 0 aliphatic carbocycles. The number of nitrogens with zero attached hydrogens (tertiary/aromatic N) is 5. The first-order valence-electron chi connectivity index (χ1n) is 7.73. The van der Waals surface area contributed by atoms with Crippen LogP contribution in [0.2, 0.25) is 0 Å². The lowest BCUT2D eigenvalue weighted by Crippen LogP contribution is -2.26. The smallest absolute Gasteiger partial charge is 0.204 e. The van der Waals surface area contributed by atoms with Gasteiger partial charge in [0.15, 0.2) is 0 Å². The van der Waals surface area contributed by atoms with Gasteiger partial charge in [0, 0.05) is 11.6 Å². The number of tetrazole rings is 1. The lowest BCUT2D eigenvalue weighted by molar-refractivity contribution is 0.182. The van der Waals surface area contributed by atoms with Crippen molar-refractivity contribution < 1.29 is 0 Å². The van der Waals surface area contributed by atoms with Gasteiger partial charge in [-0.25, -0.2) is 0 Å². The van der Waals surface area contributed by atoms with Crippen LogP contribution in [0, 0.1) is 6.92 Å². The van der Waals surface area contributed by atoms with E-state index in [1.165, 1.54) is 11.1 Å². The Morgan fingerprint density at radius 2 is 1.74 bits per heavy atom. The van der Waals surface area contributed by atoms with Gasteiger partial charge in [0.2, 0.25) is 5.82 Å². The Hall–Kier alpha value is -2.53. The van der Waals surface area contributed by atoms with Gasteiger partial charge in [-0.2, -0.15) is 0 Å². The van der Waals surface area contributed by atoms with Crippen molar-refractivity contribution in [2.75, 3.05) is 7.05 Å². The first-order valence-corrected chi connectivity index (χ1v) is 7.73. The Bertz CT molecular complexity index is 749. The zero-order valence-electron chi connectivity index (χ0n) is 13.7. The van der Waals surface area contributed by atoms with Crippen molar-refractivity contribution in [2.45, 2.75) is 26.6 Å². The minimum atomic E-state index is 0.282. The minimum absolute atomic E-state index is 0.282. The van der Waals surface area contributed by atoms with Crippen molar-refractivity contribution in [1.29, 1.82) is 0 Å². The third kappa shape index (κ3) is 3.63. The maximum atomic E-state index is 4.48. The molecular formula is C18H21N5. The van der Waals surface area contributed by atoms with Gasteiger partial charge in [-0.3, -0.25) is 4.90 Å². The van der Waals surface area contributed by atoms with Crippen LogP contribution in [0.4, 0.5) is 0 Å². The quantitative estimate of drug-likeness (QED) is 0.725. The van der Waals surface area contributed by atoms with Gasteiger partial charge >= 0.3 is 0 Å². The van der Waals surface area contributed by atoms with Crippen molar-refractivity contribution in [3.05, 3.63) is 65.7 Å². The fraction of sp³-hybridized carbons (Fsp3) is 0.278. The minimum Gasteiger partial charge on any atom is -0.279 e. The Morgan fingerprint density at radius 1 is 1.04 bits per heavy atom. The summed E-state index contributed by atoms with van der Waals surface area (Å²) in [5, 5.41) is 12.8. The molecule has 0 bridgehead atoms. The standard InChI is InChI=1S/C18H21N5/c1-14-9-11-17(12-10-14)18-19-21-23(20-18)13-22(3)15(2)16-7-5-4-6-8-16/h4-12,15H,13H2,1-3H3. The third-order valence-electron chi connectivity index (χ3n) is 4.06. The molecule has 0 saturated carbocycles. The molecule has 0 aliphatic rings. The van der Waals surface area contributed by atoms with Gasteiger partial charge in [-0.05, 0) is 31.7 Å². The fourth-order valence-electron chi connectivity index (χ4n) is 2.43. The summed E-state index contributed by atoms with van der Waals surface area (Å²) in [7, 11) is 2.06. The second-order valence-electron chi connectivity index (χ2n) is 5.84. The van der Waals surface area contributed by atoms with Crippen LogP contribution in [-0.2, 0) is 6.67 Å². The van der Waals surface area contributed by atoms with Gasteiger partial charge in [0.1, 0.15) is 6.67 Å². The summed E-state index contributed by atoms with van der Waals surface area (Å²) in [6.45, 7) is 4.83. The van der Waals surface area contributed by atoms with E-state index in [4.69, 9.17) is 0 Å². The number of benzene rings is 2. The van der Waals surface area contributed by atoms with E-state index in [0.29, 0.717) is 12.5 Å². The summed E-state index contributed by atoms with van der Waals surface area (Å²) in [5.74, 6) is 0.658. The first-order chi connectivity index (χ1) is 11.1. The molecule has 2 aromatic carbocycles. The molecule has 0 N–H and O–H groups in total. The summed E-state index contributed by atoms with van der Waals surface area (Å²) in [4.78, 5) is 3.82. The molecule has 1 heterocycles. The van der Waals surface area contributed by atoms with E-state index in [9.17, 15) is 0 Å². The predicted octanol–water partition coefficient (Wildman–Crippen LogP) is 3.30. The summed E-state index contributed by atoms with van der Waals surface area (Å²) in [5.41, 5.74) is 3.48. The maximum Gasteiger partial charge on any atom is 0.204 e. The molecule has 23 heavy (non-hydrogen) atoms. The summed E-state index contributed by atoms with van der Waals surface area (Å²) in [6, 6.07) is 18.8. The van der Waals surface area contributed by atoms with Gasteiger partial charge in [0.05, 0.1) is 0 Å². The van der Waals surface area contributed by atoms with Crippen molar-refractivity contribution in [3.8, 4) is 11.4 Å². The topological polar surface area (TPSA) is 46.8 Å². The van der Waals surface area contributed by atoms with Crippen LogP contribution in [0.5, 0.6) is 0 Å². The van der Waals surface area contributed by atoms with Gasteiger partial charge in [-0.1, -0.05) is 60.2 Å². The molecule has 0 amide bonds. The molecule has 0 spiro atoms. The van der Waals surface area contributed by atoms with Gasteiger partial charge < -0.3 is 0 Å². The van der Waals surface area contributed by atoms with Crippen LogP contribution in [-0.4, -0.2) is 32.2 Å². The maximum absolute atomic E-state index is 4.48. The zero-order valence-corrected chi connectivity index (χ0v) is 13.7. The van der Waals surface area contributed by atoms with E-state index in [0.717, 1.165) is 5.56 Å². The van der Waals surface area contributed by atoms with E-state index < -0.39 is 0 Å². The van der Waals surface area contributed by atoms with Crippen LogP contribution in [0.25, 0.3) is 11.4 Å². The molecule has 3 rings (SSSR count). The molecule has 0 aliphatic heterocycles. The second kappa shape index (κ2) is 6.71. The molecular weight excluding hydrogens is 286 g/mol. The highest BCUT2D eigenvalue weighted by atomic mass is 15.6. The molecule has 0 fully saturated rings. The molecule has 5 heteroatoms. The third-order valence-corrected chi connectivity index (χ3v) is 4.06. The van der Waals surface area contributed by atoms with Gasteiger partial charge in [0.25, 0.3) is 0 Å². The number of aromatic nitrogens is 4. The second-order valence-corrected chi connectivity index (χ2v) is 5.84. The highest BCUT2D eigenvalue weighted by Crippen LogP contribution is 2.19. The monoisotopic (exact) mass is 307 g/mol. The van der Waals surface area contributed by atoms with Crippen LogP contribution >= 0.6 is 0 Å². The molecule has 118 valence electrons. The van der Waals surface area contributed by atoms with Crippen LogP contribution in [0.1, 0.15) is 24.1 Å². The molecule has 5 nitrogen and oxygen atoms in total. The largest absolute Gasteiger partial charge is 0.279 e. The Kier molecular flexibility index (Phi) is 4.48. The van der Waals surface area contributed by atoms with Crippen LogP contribution in [0.3, 0.4) is 0 Å². The Labute approximate surface area is 136 Å². The number of hydrogen-bond acceptors (Lipinski definition) is 4. The van der Waals surface area contributed by atoms with Crippen LogP contribution in [0.15, 0.2) is 54.6 Å². The average Bonchev–Trinajstić information content (AvgIpc) is 3.04. The normalized spacial score (nSPS) is 12.5. The van der Waals surface area contributed by atoms with E-state index >= 15 is 0 Å². The molecule has 1 aromatic heterocycles. The van der Waals surface area contributed by atoms with E-state index in [-0.39, 0.29) is 6.04 Å². The Morgan fingerprint density at radius 3 is 2.43 bits per heavy atom. The average molecular weight is 307 g/mol. The fourth-order valence-corrected chi connectivity index (χ4v) is 2.43. The lowest BCUT2D eigenvalue weighted by atomic mass is 10.1. The van der Waals surface area contributed by atoms with Crippen molar-refractivity contribution in [3.63, 3.8) is 0 Å². The highest BCUT2D eigenvalue weighted by molar-refractivity contribution is 5.53. The lowest BCUT2D eigenvalue weighted by Gasteiger charge is -2.23. The van der Waals surface area contributed by atoms with E-state index in [1.54, 1.807) is 4.80 Å². The first kappa shape index (κ1) is 15.4. The molecule has 0 saturated heterocycles.